The summed E-state index contributed by atoms with van der Waals surface area (Å²) in [4.78, 5) is 25.0. The van der Waals surface area contributed by atoms with Gasteiger partial charge in [0.1, 0.15) is 0 Å². The average Bonchev–Trinajstić information content (AvgIpc) is 2.39. The lowest BCUT2D eigenvalue weighted by molar-refractivity contribution is -0.139. The molecule has 0 aromatic rings. The van der Waals surface area contributed by atoms with Gasteiger partial charge >= 0.3 is 12.0 Å². The van der Waals surface area contributed by atoms with Gasteiger partial charge in [-0.05, 0) is 26.2 Å². The number of amides is 2. The van der Waals surface area contributed by atoms with Crippen LogP contribution in [0.1, 0.15) is 51.9 Å². The van der Waals surface area contributed by atoms with Gasteiger partial charge in [0.25, 0.3) is 0 Å². The molecule has 20 heavy (non-hydrogen) atoms. The van der Waals surface area contributed by atoms with Gasteiger partial charge in [0.15, 0.2) is 0 Å². The Labute approximate surface area is 120 Å². The molecule has 1 rings (SSSR count). The zero-order chi connectivity index (χ0) is 15.0. The maximum Gasteiger partial charge on any atom is 0.317 e. The van der Waals surface area contributed by atoms with Gasteiger partial charge in [0.2, 0.25) is 0 Å². The third-order valence-electron chi connectivity index (χ3n) is 3.93. The van der Waals surface area contributed by atoms with Crippen molar-refractivity contribution < 1.29 is 19.8 Å². The molecule has 1 aliphatic rings. The zero-order valence-electron chi connectivity index (χ0n) is 12.2. The van der Waals surface area contributed by atoms with Crippen LogP contribution in [0.4, 0.5) is 4.79 Å². The minimum absolute atomic E-state index is 0.0176. The van der Waals surface area contributed by atoms with Crippen LogP contribution in [0.15, 0.2) is 0 Å². The molecule has 116 valence electrons. The molecule has 0 unspecified atom stereocenters. The number of aliphatic carboxylic acids is 1. The zero-order valence-corrected chi connectivity index (χ0v) is 12.2. The molecule has 0 aromatic heterocycles. The standard InChI is InChI=1S/C14H26N2O4/c1-2-16(9-6-10-17)13(20)15-14(11-12(18)19)7-4-3-5-8-14/h17H,2-11H2,1H3,(H,15,20)(H,18,19). The second kappa shape index (κ2) is 8.09. The summed E-state index contributed by atoms with van der Waals surface area (Å²) in [7, 11) is 0. The number of urea groups is 1. The lowest BCUT2D eigenvalue weighted by atomic mass is 9.79. The van der Waals surface area contributed by atoms with Crippen LogP contribution in [0.25, 0.3) is 0 Å². The van der Waals surface area contributed by atoms with Crippen LogP contribution < -0.4 is 5.32 Å². The van der Waals surface area contributed by atoms with E-state index in [1.165, 1.54) is 0 Å². The summed E-state index contributed by atoms with van der Waals surface area (Å²) < 4.78 is 0. The predicted octanol–water partition coefficient (Wildman–Crippen LogP) is 1.58. The number of carbonyl (C=O) groups is 2. The molecule has 3 N–H and O–H groups in total. The van der Waals surface area contributed by atoms with Crippen LogP contribution >= 0.6 is 0 Å². The molecule has 0 radical (unpaired) electrons. The van der Waals surface area contributed by atoms with Crippen molar-refractivity contribution in [3.8, 4) is 0 Å². The Kier molecular flexibility index (Phi) is 6.78. The smallest absolute Gasteiger partial charge is 0.317 e. The monoisotopic (exact) mass is 286 g/mol. The van der Waals surface area contributed by atoms with Crippen molar-refractivity contribution >= 4 is 12.0 Å². The van der Waals surface area contributed by atoms with E-state index in [4.69, 9.17) is 10.2 Å². The minimum atomic E-state index is -0.870. The second-order valence-electron chi connectivity index (χ2n) is 5.50. The molecule has 2 amide bonds. The SMILES string of the molecule is CCN(CCCO)C(=O)NC1(CC(=O)O)CCCCC1. The Bertz CT molecular complexity index is 327. The fourth-order valence-electron chi connectivity index (χ4n) is 2.83. The number of carbonyl (C=O) groups excluding carboxylic acids is 1. The highest BCUT2D eigenvalue weighted by Gasteiger charge is 2.36. The van der Waals surface area contributed by atoms with E-state index in [-0.39, 0.29) is 19.1 Å². The maximum absolute atomic E-state index is 12.3. The van der Waals surface area contributed by atoms with Crippen molar-refractivity contribution in [2.75, 3.05) is 19.7 Å². The summed E-state index contributed by atoms with van der Waals surface area (Å²) in [6.07, 6.45) is 4.97. The molecule has 6 nitrogen and oxygen atoms in total. The molecular weight excluding hydrogens is 260 g/mol. The predicted molar refractivity (Wildman–Crippen MR) is 75.6 cm³/mol. The van der Waals surface area contributed by atoms with Crippen LogP contribution in [0.2, 0.25) is 0 Å². The van der Waals surface area contributed by atoms with Gasteiger partial charge in [-0.25, -0.2) is 4.79 Å². The second-order valence-corrected chi connectivity index (χ2v) is 5.50. The number of nitrogens with one attached hydrogen (secondary N) is 1. The Hall–Kier alpha value is -1.30. The quantitative estimate of drug-likeness (QED) is 0.663. The van der Waals surface area contributed by atoms with Crippen molar-refractivity contribution in [2.45, 2.75) is 57.4 Å². The number of carboxylic acids is 1. The highest BCUT2D eigenvalue weighted by atomic mass is 16.4. The Morgan fingerprint density at radius 3 is 2.40 bits per heavy atom. The van der Waals surface area contributed by atoms with E-state index in [9.17, 15) is 9.59 Å². The molecule has 1 saturated carbocycles. The van der Waals surface area contributed by atoms with Crippen molar-refractivity contribution in [3.05, 3.63) is 0 Å². The largest absolute Gasteiger partial charge is 0.481 e. The third-order valence-corrected chi connectivity index (χ3v) is 3.93. The Morgan fingerprint density at radius 2 is 1.90 bits per heavy atom. The van der Waals surface area contributed by atoms with Crippen LogP contribution in [0.5, 0.6) is 0 Å². The molecule has 1 aliphatic carbocycles. The van der Waals surface area contributed by atoms with Crippen molar-refractivity contribution in [1.29, 1.82) is 0 Å². The number of aliphatic hydroxyl groups is 1. The number of hydrogen-bond acceptors (Lipinski definition) is 3. The van der Waals surface area contributed by atoms with Gasteiger partial charge in [-0.3, -0.25) is 4.79 Å². The van der Waals surface area contributed by atoms with Crippen molar-refractivity contribution in [1.82, 2.24) is 10.2 Å². The van der Waals surface area contributed by atoms with E-state index >= 15 is 0 Å². The first-order valence-corrected chi connectivity index (χ1v) is 7.43. The van der Waals surface area contributed by atoms with Gasteiger partial charge in [-0.1, -0.05) is 19.3 Å². The molecule has 0 aliphatic heterocycles. The summed E-state index contributed by atoms with van der Waals surface area (Å²) in [5.74, 6) is -0.870. The van der Waals surface area contributed by atoms with E-state index in [0.717, 1.165) is 32.1 Å². The molecule has 6 heteroatoms. The lowest BCUT2D eigenvalue weighted by Gasteiger charge is -2.38. The van der Waals surface area contributed by atoms with Gasteiger partial charge in [0.05, 0.1) is 12.0 Å². The fourth-order valence-corrected chi connectivity index (χ4v) is 2.83. The molecule has 0 aromatic carbocycles. The normalized spacial score (nSPS) is 17.5. The van der Waals surface area contributed by atoms with Crippen molar-refractivity contribution in [2.24, 2.45) is 0 Å². The van der Waals surface area contributed by atoms with Crippen LogP contribution in [-0.2, 0) is 4.79 Å². The number of aliphatic hydroxyl groups excluding tert-OH is 1. The van der Waals surface area contributed by atoms with Crippen LogP contribution in [0.3, 0.4) is 0 Å². The number of carboxylic acid groups (broad SMARTS) is 1. The third kappa shape index (κ3) is 5.00. The highest BCUT2D eigenvalue weighted by molar-refractivity contribution is 5.77. The first-order chi connectivity index (χ1) is 9.53. The van der Waals surface area contributed by atoms with E-state index in [1.54, 1.807) is 4.90 Å². The summed E-state index contributed by atoms with van der Waals surface area (Å²) in [6.45, 7) is 2.96. The van der Waals surface area contributed by atoms with Gasteiger partial charge in [-0.2, -0.15) is 0 Å². The fraction of sp³-hybridized carbons (Fsp3) is 0.857. The molecule has 0 bridgehead atoms. The lowest BCUT2D eigenvalue weighted by Crippen LogP contribution is -2.55. The summed E-state index contributed by atoms with van der Waals surface area (Å²) in [5.41, 5.74) is -0.603. The van der Waals surface area contributed by atoms with E-state index in [1.807, 2.05) is 6.92 Å². The number of nitrogens with zero attached hydrogens (tertiary/aromatic N) is 1. The summed E-state index contributed by atoms with van der Waals surface area (Å²) in [6, 6.07) is -0.218. The highest BCUT2D eigenvalue weighted by Crippen LogP contribution is 2.31. The number of rotatable bonds is 7. The van der Waals surface area contributed by atoms with E-state index in [2.05, 4.69) is 5.32 Å². The van der Waals surface area contributed by atoms with Crippen LogP contribution in [0, 0.1) is 0 Å². The van der Waals surface area contributed by atoms with E-state index in [0.29, 0.717) is 19.5 Å². The van der Waals surface area contributed by atoms with Gasteiger partial charge < -0.3 is 20.4 Å². The van der Waals surface area contributed by atoms with Gasteiger partial charge in [-0.15, -0.1) is 0 Å². The summed E-state index contributed by atoms with van der Waals surface area (Å²) >= 11 is 0. The molecule has 0 saturated heterocycles. The molecule has 0 heterocycles. The first kappa shape index (κ1) is 16.8. The van der Waals surface area contributed by atoms with Crippen LogP contribution in [-0.4, -0.2) is 52.3 Å². The molecule has 0 atom stereocenters. The first-order valence-electron chi connectivity index (χ1n) is 7.43. The minimum Gasteiger partial charge on any atom is -0.481 e. The Balaban J connectivity index is 2.67. The molecule has 0 spiro atoms. The number of hydrogen-bond donors (Lipinski definition) is 3. The topological polar surface area (TPSA) is 89.9 Å². The van der Waals surface area contributed by atoms with Crippen molar-refractivity contribution in [3.63, 3.8) is 0 Å². The summed E-state index contributed by atoms with van der Waals surface area (Å²) in [5, 5.41) is 20.9. The molecule has 1 fully saturated rings. The van der Waals surface area contributed by atoms with E-state index < -0.39 is 11.5 Å². The maximum atomic E-state index is 12.3. The van der Waals surface area contributed by atoms with Gasteiger partial charge in [0, 0.05) is 19.7 Å². The average molecular weight is 286 g/mol. The molecular formula is C14H26N2O4. The Morgan fingerprint density at radius 1 is 1.25 bits per heavy atom.